The number of carbonyl (C=O) groups is 2. The van der Waals surface area contributed by atoms with Crippen molar-refractivity contribution in [1.29, 1.82) is 0 Å². The number of methoxy groups -OCH3 is 1. The van der Waals surface area contributed by atoms with Gasteiger partial charge in [0.15, 0.2) is 16.3 Å². The van der Waals surface area contributed by atoms with Gasteiger partial charge in [0.05, 0.1) is 41.1 Å². The highest BCUT2D eigenvalue weighted by atomic mass is 127. The van der Waals surface area contributed by atoms with Crippen LogP contribution in [0.2, 0.25) is 0 Å². The Morgan fingerprint density at radius 3 is 2.46 bits per heavy atom. The maximum Gasteiger partial charge on any atom is 0.344 e. The monoisotopic (exact) mass is 680 g/mol. The second-order valence-corrected chi connectivity index (χ2v) is 11.2. The first-order chi connectivity index (χ1) is 19.8. The maximum atomic E-state index is 13.8. The van der Waals surface area contributed by atoms with E-state index in [9.17, 15) is 14.4 Å². The number of allylic oxidation sites excluding steroid dienone is 1. The molecule has 10 heteroatoms. The van der Waals surface area contributed by atoms with Crippen LogP contribution >= 0.6 is 33.9 Å². The normalized spacial score (nSPS) is 14.7. The topological polar surface area (TPSA) is 96.2 Å². The van der Waals surface area contributed by atoms with Crippen molar-refractivity contribution in [3.8, 4) is 11.5 Å². The van der Waals surface area contributed by atoms with Crippen LogP contribution in [0.5, 0.6) is 11.5 Å². The molecule has 0 saturated heterocycles. The smallest absolute Gasteiger partial charge is 0.344 e. The molecule has 41 heavy (non-hydrogen) atoms. The number of hydrogen-bond donors (Lipinski definition) is 0. The molecule has 2 heterocycles. The Morgan fingerprint density at radius 2 is 1.76 bits per heavy atom. The van der Waals surface area contributed by atoms with Crippen molar-refractivity contribution < 1.29 is 23.8 Å². The van der Waals surface area contributed by atoms with Crippen molar-refractivity contribution in [3.63, 3.8) is 0 Å². The summed E-state index contributed by atoms with van der Waals surface area (Å²) in [7, 11) is 1.48. The van der Waals surface area contributed by atoms with Gasteiger partial charge < -0.3 is 14.2 Å². The Bertz CT molecular complexity index is 1860. The van der Waals surface area contributed by atoms with Crippen LogP contribution in [0.3, 0.4) is 0 Å². The number of halogens is 1. The molecule has 3 aromatic carbocycles. The van der Waals surface area contributed by atoms with Crippen LogP contribution in [-0.2, 0) is 9.53 Å². The quantitative estimate of drug-likeness (QED) is 0.161. The summed E-state index contributed by atoms with van der Waals surface area (Å²) in [5.74, 6) is -0.400. The Balaban J connectivity index is 1.55. The van der Waals surface area contributed by atoms with Gasteiger partial charge in [0.25, 0.3) is 5.56 Å². The number of rotatable bonds is 7. The fourth-order valence-corrected chi connectivity index (χ4v) is 6.19. The van der Waals surface area contributed by atoms with E-state index in [1.165, 1.54) is 18.4 Å². The average molecular weight is 681 g/mol. The number of nitrogens with zero attached hydrogens (tertiary/aromatic N) is 2. The van der Waals surface area contributed by atoms with E-state index in [2.05, 4.69) is 27.6 Å². The third-order valence-electron chi connectivity index (χ3n) is 6.41. The van der Waals surface area contributed by atoms with Gasteiger partial charge in [-0.05, 0) is 77.9 Å². The molecule has 0 unspecified atom stereocenters. The number of fused-ring (bicyclic) bond motifs is 1. The van der Waals surface area contributed by atoms with Crippen molar-refractivity contribution in [1.82, 2.24) is 4.57 Å². The third kappa shape index (κ3) is 5.75. The zero-order chi connectivity index (χ0) is 29.1. The zero-order valence-electron chi connectivity index (χ0n) is 22.4. The molecule has 208 valence electrons. The van der Waals surface area contributed by atoms with Gasteiger partial charge in [-0.2, -0.15) is 0 Å². The second kappa shape index (κ2) is 12.2. The molecule has 0 amide bonds. The van der Waals surface area contributed by atoms with Crippen LogP contribution in [0.4, 0.5) is 0 Å². The minimum absolute atomic E-state index is 0.208. The lowest BCUT2D eigenvalue weighted by Gasteiger charge is -2.24. The van der Waals surface area contributed by atoms with Crippen LogP contribution in [0.25, 0.3) is 6.08 Å². The van der Waals surface area contributed by atoms with Gasteiger partial charge in [0.1, 0.15) is 0 Å². The fourth-order valence-electron chi connectivity index (χ4n) is 4.53. The number of benzene rings is 3. The highest BCUT2D eigenvalue weighted by molar-refractivity contribution is 14.1. The number of ether oxygens (including phenoxy) is 3. The second-order valence-electron chi connectivity index (χ2n) is 8.99. The number of carbonyl (C=O) groups excluding carboxylic acids is 2. The fraction of sp³-hybridized carbons (Fsp3) is 0.161. The molecule has 8 nitrogen and oxygen atoms in total. The van der Waals surface area contributed by atoms with Crippen molar-refractivity contribution >= 4 is 51.9 Å². The lowest BCUT2D eigenvalue weighted by molar-refractivity contribution is -0.139. The van der Waals surface area contributed by atoms with Crippen molar-refractivity contribution in [2.24, 2.45) is 4.99 Å². The van der Waals surface area contributed by atoms with Gasteiger partial charge in [-0.3, -0.25) is 9.36 Å². The molecule has 0 radical (unpaired) electrons. The molecule has 0 fully saturated rings. The molecule has 1 atom stereocenters. The van der Waals surface area contributed by atoms with Gasteiger partial charge in [0.2, 0.25) is 0 Å². The Morgan fingerprint density at radius 1 is 1.02 bits per heavy atom. The van der Waals surface area contributed by atoms with E-state index in [1.54, 1.807) is 54.8 Å². The van der Waals surface area contributed by atoms with Crippen LogP contribution in [0.1, 0.15) is 41.4 Å². The molecule has 1 aromatic heterocycles. The van der Waals surface area contributed by atoms with Crippen molar-refractivity contribution in [3.05, 3.63) is 124 Å². The van der Waals surface area contributed by atoms with Crippen LogP contribution < -0.4 is 24.4 Å². The maximum absolute atomic E-state index is 13.8. The summed E-state index contributed by atoms with van der Waals surface area (Å²) < 4.78 is 19.2. The van der Waals surface area contributed by atoms with Gasteiger partial charge >= 0.3 is 11.9 Å². The van der Waals surface area contributed by atoms with E-state index >= 15 is 0 Å². The Hall–Kier alpha value is -4.03. The van der Waals surface area contributed by atoms with Crippen molar-refractivity contribution in [2.75, 3.05) is 13.7 Å². The first kappa shape index (κ1) is 28.5. The minimum Gasteiger partial charge on any atom is -0.493 e. The molecular formula is C31H25IN2O6S. The molecule has 1 aliphatic heterocycles. The summed E-state index contributed by atoms with van der Waals surface area (Å²) in [5, 5.41) is 0. The summed E-state index contributed by atoms with van der Waals surface area (Å²) in [6, 6.07) is 20.9. The van der Waals surface area contributed by atoms with E-state index in [1.807, 2.05) is 42.5 Å². The largest absolute Gasteiger partial charge is 0.493 e. The SMILES string of the molecule is CCOC(=O)C1=C(C)N=c2s/c(=C\c3ccc(OC(=O)c4ccccc4I)c(OC)c3)c(=O)n2[C@@H]1c1ccccc1. The van der Waals surface area contributed by atoms with E-state index in [-0.39, 0.29) is 17.9 Å². The number of esters is 2. The van der Waals surface area contributed by atoms with Gasteiger partial charge in [-0.25, -0.2) is 14.6 Å². The van der Waals surface area contributed by atoms with E-state index in [0.717, 1.165) is 9.13 Å². The summed E-state index contributed by atoms with van der Waals surface area (Å²) in [5.41, 5.74) is 2.44. The summed E-state index contributed by atoms with van der Waals surface area (Å²) >= 11 is 3.31. The Kier molecular flexibility index (Phi) is 8.50. The average Bonchev–Trinajstić information content (AvgIpc) is 3.27. The number of thiazole rings is 1. The molecule has 4 aromatic rings. The summed E-state index contributed by atoms with van der Waals surface area (Å²) in [6.45, 7) is 3.70. The summed E-state index contributed by atoms with van der Waals surface area (Å²) in [6.07, 6.45) is 1.73. The predicted octanol–water partition coefficient (Wildman–Crippen LogP) is 4.63. The highest BCUT2D eigenvalue weighted by Crippen LogP contribution is 2.31. The van der Waals surface area contributed by atoms with Crippen LogP contribution in [0.15, 0.2) is 93.9 Å². The Labute approximate surface area is 253 Å². The minimum atomic E-state index is -0.675. The zero-order valence-corrected chi connectivity index (χ0v) is 25.4. The number of hydrogen-bond acceptors (Lipinski definition) is 8. The van der Waals surface area contributed by atoms with Gasteiger partial charge in [-0.1, -0.05) is 59.9 Å². The number of aromatic nitrogens is 1. The standard InChI is InChI=1S/C31H25IN2O6S/c1-4-39-30(37)26-18(2)33-31-34(27(26)20-10-6-5-7-11-20)28(35)25(41-31)17-19-14-15-23(24(16-19)38-3)40-29(36)21-12-8-9-13-22(21)32/h5-17,27H,4H2,1-3H3/b25-17-/t27-/m1/s1. The van der Waals surface area contributed by atoms with Gasteiger partial charge in [-0.15, -0.1) is 0 Å². The molecule has 1 aliphatic rings. The highest BCUT2D eigenvalue weighted by Gasteiger charge is 2.33. The molecular weight excluding hydrogens is 655 g/mol. The predicted molar refractivity (Wildman–Crippen MR) is 164 cm³/mol. The first-order valence-electron chi connectivity index (χ1n) is 12.7. The molecule has 0 spiro atoms. The van der Waals surface area contributed by atoms with E-state index in [4.69, 9.17) is 14.2 Å². The first-order valence-corrected chi connectivity index (χ1v) is 14.6. The molecule has 5 rings (SSSR count). The molecule has 0 bridgehead atoms. The lowest BCUT2D eigenvalue weighted by Crippen LogP contribution is -2.39. The molecule has 0 saturated carbocycles. The molecule has 0 N–H and O–H groups in total. The van der Waals surface area contributed by atoms with E-state index in [0.29, 0.717) is 37.5 Å². The van der Waals surface area contributed by atoms with E-state index < -0.39 is 18.0 Å². The van der Waals surface area contributed by atoms with Crippen molar-refractivity contribution in [2.45, 2.75) is 19.9 Å². The summed E-state index contributed by atoms with van der Waals surface area (Å²) in [4.78, 5) is 44.6. The van der Waals surface area contributed by atoms with Crippen LogP contribution in [0, 0.1) is 3.57 Å². The third-order valence-corrected chi connectivity index (χ3v) is 8.34. The molecule has 0 aliphatic carbocycles. The van der Waals surface area contributed by atoms with Gasteiger partial charge in [0, 0.05) is 3.57 Å². The lowest BCUT2D eigenvalue weighted by atomic mass is 9.96. The van der Waals surface area contributed by atoms with Crippen LogP contribution in [-0.4, -0.2) is 30.2 Å².